The van der Waals surface area contributed by atoms with Gasteiger partial charge >= 0.3 is 0 Å². The van der Waals surface area contributed by atoms with Crippen molar-refractivity contribution in [1.82, 2.24) is 15.6 Å². The van der Waals surface area contributed by atoms with Crippen molar-refractivity contribution in [2.24, 2.45) is 4.99 Å². The highest BCUT2D eigenvalue weighted by atomic mass is 127. The number of benzene rings is 1. The predicted molar refractivity (Wildman–Crippen MR) is 133 cm³/mol. The monoisotopic (exact) mass is 544 g/mol. The van der Waals surface area contributed by atoms with Gasteiger partial charge in [0.25, 0.3) is 0 Å². The number of aromatic nitrogens is 1. The van der Waals surface area contributed by atoms with Crippen LogP contribution >= 0.6 is 24.0 Å². The fourth-order valence-corrected chi connectivity index (χ4v) is 2.81. The molecule has 0 amide bonds. The molecule has 0 saturated heterocycles. The third-order valence-electron chi connectivity index (χ3n) is 4.23. The van der Waals surface area contributed by atoms with Crippen LogP contribution in [0.5, 0.6) is 23.1 Å². The van der Waals surface area contributed by atoms with Gasteiger partial charge in [-0.25, -0.2) is 9.98 Å². The zero-order valence-corrected chi connectivity index (χ0v) is 21.2. The van der Waals surface area contributed by atoms with E-state index >= 15 is 0 Å². The molecule has 0 aliphatic heterocycles. The molecule has 0 fully saturated rings. The Morgan fingerprint density at radius 2 is 1.74 bits per heavy atom. The molecule has 1 heterocycles. The quantitative estimate of drug-likeness (QED) is 0.253. The molecule has 9 heteroatoms. The number of aliphatic imine (C=N–C) groups is 1. The van der Waals surface area contributed by atoms with E-state index in [-0.39, 0.29) is 24.0 Å². The molecule has 0 spiro atoms. The number of rotatable bonds is 11. The van der Waals surface area contributed by atoms with Gasteiger partial charge < -0.3 is 29.6 Å². The van der Waals surface area contributed by atoms with Gasteiger partial charge in [0.2, 0.25) is 11.6 Å². The van der Waals surface area contributed by atoms with Gasteiger partial charge in [0.05, 0.1) is 34.5 Å². The minimum atomic E-state index is 0. The smallest absolute Gasteiger partial charge is 0.218 e. The fraction of sp³-hybridized carbons (Fsp3) is 0.455. The van der Waals surface area contributed by atoms with Gasteiger partial charge in [-0.3, -0.25) is 0 Å². The number of guanidine groups is 1. The lowest BCUT2D eigenvalue weighted by Gasteiger charge is -2.15. The molecule has 0 unspecified atom stereocenters. The molecule has 1 aromatic heterocycles. The average Bonchev–Trinajstić information content (AvgIpc) is 2.79. The van der Waals surface area contributed by atoms with Crippen LogP contribution in [0.2, 0.25) is 0 Å². The Labute approximate surface area is 201 Å². The maximum Gasteiger partial charge on any atom is 0.218 e. The lowest BCUT2D eigenvalue weighted by molar-refractivity contribution is 0.301. The van der Waals surface area contributed by atoms with E-state index in [2.05, 4.69) is 27.5 Å². The molecule has 2 aromatic rings. The van der Waals surface area contributed by atoms with Crippen LogP contribution < -0.4 is 29.6 Å². The SMILES string of the molecule is CCCOc1ncccc1CNC(=NCc1cc(OC)c(OC)c(OC)c1)NCC.I. The summed E-state index contributed by atoms with van der Waals surface area (Å²) in [7, 11) is 4.78. The third kappa shape index (κ3) is 7.97. The molecule has 0 aliphatic carbocycles. The lowest BCUT2D eigenvalue weighted by atomic mass is 10.2. The largest absolute Gasteiger partial charge is 0.493 e. The highest BCUT2D eigenvalue weighted by molar-refractivity contribution is 14.0. The van der Waals surface area contributed by atoms with Crippen LogP contribution in [0.4, 0.5) is 0 Å². The molecule has 8 nitrogen and oxygen atoms in total. The first kappa shape index (κ1) is 26.6. The van der Waals surface area contributed by atoms with Crippen molar-refractivity contribution in [3.63, 3.8) is 0 Å². The van der Waals surface area contributed by atoms with Gasteiger partial charge in [0.15, 0.2) is 17.5 Å². The molecule has 172 valence electrons. The highest BCUT2D eigenvalue weighted by Crippen LogP contribution is 2.38. The maximum atomic E-state index is 5.73. The van der Waals surface area contributed by atoms with E-state index in [1.165, 1.54) is 0 Å². The van der Waals surface area contributed by atoms with Gasteiger partial charge in [-0.05, 0) is 37.1 Å². The number of ether oxygens (including phenoxy) is 4. The number of nitrogens with one attached hydrogen (secondary N) is 2. The van der Waals surface area contributed by atoms with Gasteiger partial charge in [-0.1, -0.05) is 13.0 Å². The molecule has 2 rings (SSSR count). The van der Waals surface area contributed by atoms with E-state index in [1.54, 1.807) is 27.5 Å². The summed E-state index contributed by atoms with van der Waals surface area (Å²) in [4.78, 5) is 9.00. The summed E-state index contributed by atoms with van der Waals surface area (Å²) in [6.45, 7) is 6.47. The molecule has 1 aromatic carbocycles. The molecule has 0 bridgehead atoms. The minimum Gasteiger partial charge on any atom is -0.493 e. The number of hydrogen-bond donors (Lipinski definition) is 2. The lowest BCUT2D eigenvalue weighted by Crippen LogP contribution is -2.36. The molecule has 2 N–H and O–H groups in total. The third-order valence-corrected chi connectivity index (χ3v) is 4.23. The maximum absolute atomic E-state index is 5.73. The molecule has 0 aliphatic rings. The number of methoxy groups -OCH3 is 3. The van der Waals surface area contributed by atoms with Crippen molar-refractivity contribution >= 4 is 29.9 Å². The van der Waals surface area contributed by atoms with Crippen molar-refractivity contribution in [1.29, 1.82) is 0 Å². The standard InChI is InChI=1S/C22H32N4O4.HI/c1-6-11-30-21-17(9-8-10-24-21)15-26-22(23-7-2)25-14-16-12-18(27-3)20(29-5)19(13-16)28-4;/h8-10,12-13H,6-7,11,14-15H2,1-5H3,(H2,23,25,26);1H. The summed E-state index contributed by atoms with van der Waals surface area (Å²) in [5.41, 5.74) is 1.92. The van der Waals surface area contributed by atoms with Crippen LogP contribution in [0.15, 0.2) is 35.5 Å². The fourth-order valence-electron chi connectivity index (χ4n) is 2.81. The van der Waals surface area contributed by atoms with Crippen molar-refractivity contribution in [3.8, 4) is 23.1 Å². The number of pyridine rings is 1. The first-order chi connectivity index (χ1) is 14.7. The Kier molecular flexibility index (Phi) is 12.5. The predicted octanol–water partition coefficient (Wildman–Crippen LogP) is 3.77. The van der Waals surface area contributed by atoms with E-state index in [0.29, 0.717) is 48.8 Å². The Bertz CT molecular complexity index is 808. The van der Waals surface area contributed by atoms with Gasteiger partial charge in [0.1, 0.15) is 0 Å². The van der Waals surface area contributed by atoms with E-state index < -0.39 is 0 Å². The Hall–Kier alpha value is -2.43. The van der Waals surface area contributed by atoms with E-state index in [9.17, 15) is 0 Å². The highest BCUT2D eigenvalue weighted by Gasteiger charge is 2.13. The van der Waals surface area contributed by atoms with Crippen molar-refractivity contribution in [3.05, 3.63) is 41.6 Å². The van der Waals surface area contributed by atoms with Crippen molar-refractivity contribution < 1.29 is 18.9 Å². The molecule has 31 heavy (non-hydrogen) atoms. The van der Waals surface area contributed by atoms with Gasteiger partial charge in [-0.15, -0.1) is 24.0 Å². The summed E-state index contributed by atoms with van der Waals surface area (Å²) in [6.07, 6.45) is 2.67. The summed E-state index contributed by atoms with van der Waals surface area (Å²) < 4.78 is 21.9. The summed E-state index contributed by atoms with van der Waals surface area (Å²) >= 11 is 0. The van der Waals surface area contributed by atoms with Gasteiger partial charge in [-0.2, -0.15) is 0 Å². The Balaban J connectivity index is 0.00000480. The zero-order valence-electron chi connectivity index (χ0n) is 18.9. The zero-order chi connectivity index (χ0) is 21.8. The Morgan fingerprint density at radius 3 is 2.32 bits per heavy atom. The van der Waals surface area contributed by atoms with E-state index in [1.807, 2.05) is 31.2 Å². The second-order valence-corrected chi connectivity index (χ2v) is 6.40. The van der Waals surface area contributed by atoms with Crippen molar-refractivity contribution in [2.45, 2.75) is 33.4 Å². The topological polar surface area (TPSA) is 86.2 Å². The van der Waals surface area contributed by atoms with Crippen LogP contribution in [0.25, 0.3) is 0 Å². The minimum absolute atomic E-state index is 0. The first-order valence-electron chi connectivity index (χ1n) is 10.0. The van der Waals surface area contributed by atoms with Crippen LogP contribution in [0.3, 0.4) is 0 Å². The van der Waals surface area contributed by atoms with E-state index in [0.717, 1.165) is 24.1 Å². The molecule has 0 radical (unpaired) electrons. The second-order valence-electron chi connectivity index (χ2n) is 6.40. The summed E-state index contributed by atoms with van der Waals surface area (Å²) in [6, 6.07) is 7.68. The molecule has 0 atom stereocenters. The summed E-state index contributed by atoms with van der Waals surface area (Å²) in [5, 5.41) is 6.59. The van der Waals surface area contributed by atoms with Crippen molar-refractivity contribution in [2.75, 3.05) is 34.5 Å². The van der Waals surface area contributed by atoms with Crippen LogP contribution in [-0.2, 0) is 13.1 Å². The normalized spacial score (nSPS) is 10.7. The van der Waals surface area contributed by atoms with Crippen LogP contribution in [0, 0.1) is 0 Å². The number of nitrogens with zero attached hydrogens (tertiary/aromatic N) is 2. The van der Waals surface area contributed by atoms with Crippen LogP contribution in [0.1, 0.15) is 31.4 Å². The van der Waals surface area contributed by atoms with Gasteiger partial charge in [0, 0.05) is 24.8 Å². The van der Waals surface area contributed by atoms with Crippen LogP contribution in [-0.4, -0.2) is 45.4 Å². The number of hydrogen-bond acceptors (Lipinski definition) is 6. The molecular weight excluding hydrogens is 511 g/mol. The first-order valence-corrected chi connectivity index (χ1v) is 10.0. The average molecular weight is 544 g/mol. The molecular formula is C22H33IN4O4. The molecule has 0 saturated carbocycles. The summed E-state index contributed by atoms with van der Waals surface area (Å²) in [5.74, 6) is 3.11. The Morgan fingerprint density at radius 1 is 1.03 bits per heavy atom. The van der Waals surface area contributed by atoms with E-state index in [4.69, 9.17) is 18.9 Å². The second kappa shape index (κ2) is 14.6. The number of halogens is 1.